The number of anilines is 2. The number of Topliss-reactive ketones (excluding diaryl/α,β-unsaturated/α-hetero) is 1. The Morgan fingerprint density at radius 3 is 3.00 bits per heavy atom. The number of ketones is 1. The molecule has 0 aromatic carbocycles. The van der Waals surface area contributed by atoms with E-state index in [-0.39, 0.29) is 24.8 Å². The van der Waals surface area contributed by atoms with E-state index in [0.717, 1.165) is 24.3 Å². The van der Waals surface area contributed by atoms with Gasteiger partial charge >= 0.3 is 6.01 Å². The van der Waals surface area contributed by atoms with Crippen LogP contribution in [0, 0.1) is 12.8 Å². The summed E-state index contributed by atoms with van der Waals surface area (Å²) in [7, 11) is 0. The molecular weight excluding hydrogens is 346 g/mol. The summed E-state index contributed by atoms with van der Waals surface area (Å²) in [5.41, 5.74) is 8.74. The Morgan fingerprint density at radius 2 is 2.26 bits per heavy atom. The fraction of sp³-hybridized carbons (Fsp3) is 0.474. The number of nitrogens with two attached hydrogens (primary N) is 1. The standard InChI is InChI=1S/C19H23N5O3/c1-12-2-3-13(7-21-12)8-24-9-15(25)6-16-17(20)22-19(23-18(16)24)27-11-14-4-5-26-10-14/h2-3,7,14H,4-6,8-11H2,1H3,(H2,20,22,23). The van der Waals surface area contributed by atoms with Crippen molar-refractivity contribution in [3.8, 4) is 6.01 Å². The van der Waals surface area contributed by atoms with Gasteiger partial charge in [0.05, 0.1) is 19.8 Å². The highest BCUT2D eigenvalue weighted by molar-refractivity contribution is 5.91. The van der Waals surface area contributed by atoms with Gasteiger partial charge in [0.15, 0.2) is 5.78 Å². The first kappa shape index (κ1) is 17.7. The minimum Gasteiger partial charge on any atom is -0.463 e. The van der Waals surface area contributed by atoms with Crippen molar-refractivity contribution in [3.63, 3.8) is 0 Å². The molecule has 0 aliphatic carbocycles. The van der Waals surface area contributed by atoms with Crippen LogP contribution in [-0.2, 0) is 22.5 Å². The predicted octanol–water partition coefficient (Wildman–Crippen LogP) is 1.31. The molecule has 0 radical (unpaired) electrons. The van der Waals surface area contributed by atoms with E-state index in [1.807, 2.05) is 30.2 Å². The van der Waals surface area contributed by atoms with Crippen molar-refractivity contribution in [3.05, 3.63) is 35.2 Å². The molecule has 8 nitrogen and oxygen atoms in total. The van der Waals surface area contributed by atoms with Crippen molar-refractivity contribution in [2.45, 2.75) is 26.3 Å². The third kappa shape index (κ3) is 4.00. The molecule has 2 N–H and O–H groups in total. The van der Waals surface area contributed by atoms with E-state index in [1.165, 1.54) is 0 Å². The fourth-order valence-corrected chi connectivity index (χ4v) is 3.36. The summed E-state index contributed by atoms with van der Waals surface area (Å²) in [4.78, 5) is 27.3. The lowest BCUT2D eigenvalue weighted by atomic mass is 10.0. The summed E-state index contributed by atoms with van der Waals surface area (Å²) in [6.45, 7) is 4.71. The predicted molar refractivity (Wildman–Crippen MR) is 99.6 cm³/mol. The Bertz CT molecular complexity index is 834. The molecule has 4 heterocycles. The van der Waals surface area contributed by atoms with Gasteiger partial charge in [0.25, 0.3) is 0 Å². The zero-order chi connectivity index (χ0) is 18.8. The van der Waals surface area contributed by atoms with Crippen LogP contribution in [0.1, 0.15) is 23.2 Å². The van der Waals surface area contributed by atoms with Crippen LogP contribution in [0.25, 0.3) is 0 Å². The van der Waals surface area contributed by atoms with Crippen molar-refractivity contribution < 1.29 is 14.3 Å². The Labute approximate surface area is 157 Å². The van der Waals surface area contributed by atoms with Crippen LogP contribution in [0.5, 0.6) is 6.01 Å². The fourth-order valence-electron chi connectivity index (χ4n) is 3.36. The second kappa shape index (κ2) is 7.48. The molecule has 1 unspecified atom stereocenters. The summed E-state index contributed by atoms with van der Waals surface area (Å²) in [6.07, 6.45) is 3.04. The van der Waals surface area contributed by atoms with Gasteiger partial charge in [0.1, 0.15) is 11.6 Å². The highest BCUT2D eigenvalue weighted by Crippen LogP contribution is 2.30. The van der Waals surface area contributed by atoms with Crippen LogP contribution in [-0.4, -0.2) is 47.1 Å². The van der Waals surface area contributed by atoms with E-state index >= 15 is 0 Å². The molecule has 8 heteroatoms. The van der Waals surface area contributed by atoms with E-state index in [0.29, 0.717) is 42.9 Å². The van der Waals surface area contributed by atoms with Gasteiger partial charge in [0, 0.05) is 42.9 Å². The molecule has 1 fully saturated rings. The average molecular weight is 369 g/mol. The summed E-state index contributed by atoms with van der Waals surface area (Å²) in [5, 5.41) is 0. The quantitative estimate of drug-likeness (QED) is 0.841. The molecule has 4 rings (SSSR count). The van der Waals surface area contributed by atoms with E-state index in [4.69, 9.17) is 15.2 Å². The molecule has 2 aromatic heterocycles. The number of nitrogen functional groups attached to an aromatic ring is 1. The van der Waals surface area contributed by atoms with Crippen molar-refractivity contribution >= 4 is 17.4 Å². The maximum Gasteiger partial charge on any atom is 0.320 e. The van der Waals surface area contributed by atoms with E-state index in [9.17, 15) is 4.79 Å². The van der Waals surface area contributed by atoms with Crippen molar-refractivity contribution in [2.24, 2.45) is 5.92 Å². The van der Waals surface area contributed by atoms with Crippen LogP contribution in [0.2, 0.25) is 0 Å². The molecule has 142 valence electrons. The monoisotopic (exact) mass is 369 g/mol. The number of hydrogen-bond donors (Lipinski definition) is 1. The Balaban J connectivity index is 1.57. The van der Waals surface area contributed by atoms with Crippen molar-refractivity contribution in [1.82, 2.24) is 15.0 Å². The van der Waals surface area contributed by atoms with Crippen LogP contribution in [0.4, 0.5) is 11.6 Å². The largest absolute Gasteiger partial charge is 0.463 e. The number of pyridine rings is 1. The van der Waals surface area contributed by atoms with E-state index in [2.05, 4.69) is 15.0 Å². The van der Waals surface area contributed by atoms with Gasteiger partial charge in [-0.3, -0.25) is 9.78 Å². The zero-order valence-corrected chi connectivity index (χ0v) is 15.4. The molecule has 1 atom stereocenters. The second-order valence-electron chi connectivity index (χ2n) is 7.11. The van der Waals surface area contributed by atoms with Crippen LogP contribution < -0.4 is 15.4 Å². The third-order valence-corrected chi connectivity index (χ3v) is 4.86. The number of fused-ring (bicyclic) bond motifs is 1. The Kier molecular flexibility index (Phi) is 4.89. The minimum absolute atomic E-state index is 0.0923. The van der Waals surface area contributed by atoms with Gasteiger partial charge in [-0.25, -0.2) is 0 Å². The number of rotatable bonds is 5. The average Bonchev–Trinajstić information content (AvgIpc) is 3.16. The number of carbonyl (C=O) groups excluding carboxylic acids is 1. The van der Waals surface area contributed by atoms with Gasteiger partial charge in [0.2, 0.25) is 0 Å². The molecule has 1 saturated heterocycles. The molecule has 0 bridgehead atoms. The SMILES string of the molecule is Cc1ccc(CN2CC(=O)Cc3c(N)nc(OCC4CCOC4)nc32)cn1. The minimum atomic E-state index is 0.0923. The smallest absolute Gasteiger partial charge is 0.320 e. The van der Waals surface area contributed by atoms with Crippen LogP contribution in [0.15, 0.2) is 18.3 Å². The zero-order valence-electron chi connectivity index (χ0n) is 15.4. The normalized spacial score (nSPS) is 19.2. The van der Waals surface area contributed by atoms with E-state index in [1.54, 1.807) is 0 Å². The van der Waals surface area contributed by atoms with E-state index < -0.39 is 0 Å². The number of ether oxygens (including phenoxy) is 2. The van der Waals surface area contributed by atoms with Crippen molar-refractivity contribution in [1.29, 1.82) is 0 Å². The molecule has 27 heavy (non-hydrogen) atoms. The van der Waals surface area contributed by atoms with Crippen molar-refractivity contribution in [2.75, 3.05) is 37.0 Å². The molecular formula is C19H23N5O3. The van der Waals surface area contributed by atoms with Crippen LogP contribution >= 0.6 is 0 Å². The van der Waals surface area contributed by atoms with Gasteiger partial charge in [-0.2, -0.15) is 9.97 Å². The lowest BCUT2D eigenvalue weighted by Gasteiger charge is -2.29. The maximum absolute atomic E-state index is 12.2. The lowest BCUT2D eigenvalue weighted by molar-refractivity contribution is -0.117. The molecule has 2 aliphatic heterocycles. The van der Waals surface area contributed by atoms with Gasteiger partial charge in [-0.15, -0.1) is 0 Å². The number of aromatic nitrogens is 3. The summed E-state index contributed by atoms with van der Waals surface area (Å²) in [6, 6.07) is 4.21. The summed E-state index contributed by atoms with van der Waals surface area (Å²) in [5.74, 6) is 1.41. The first-order valence-corrected chi connectivity index (χ1v) is 9.13. The molecule has 2 aliphatic rings. The lowest BCUT2D eigenvalue weighted by Crippen LogP contribution is -2.36. The second-order valence-corrected chi connectivity index (χ2v) is 7.11. The Morgan fingerprint density at radius 1 is 1.37 bits per heavy atom. The molecule has 0 spiro atoms. The maximum atomic E-state index is 12.2. The molecule has 2 aromatic rings. The Hall–Kier alpha value is -2.74. The highest BCUT2D eigenvalue weighted by Gasteiger charge is 2.28. The van der Waals surface area contributed by atoms with Crippen LogP contribution in [0.3, 0.4) is 0 Å². The number of hydrogen-bond acceptors (Lipinski definition) is 8. The van der Waals surface area contributed by atoms with Gasteiger partial charge in [-0.05, 0) is 25.0 Å². The molecule has 0 amide bonds. The van der Waals surface area contributed by atoms with Gasteiger partial charge in [-0.1, -0.05) is 6.07 Å². The summed E-state index contributed by atoms with van der Waals surface area (Å²) >= 11 is 0. The first-order valence-electron chi connectivity index (χ1n) is 9.13. The number of carbonyl (C=O) groups is 1. The number of nitrogens with zero attached hydrogens (tertiary/aromatic N) is 4. The van der Waals surface area contributed by atoms with Gasteiger partial charge < -0.3 is 20.1 Å². The molecule has 0 saturated carbocycles. The third-order valence-electron chi connectivity index (χ3n) is 4.86. The number of aryl methyl sites for hydroxylation is 1. The highest BCUT2D eigenvalue weighted by atomic mass is 16.5. The first-order chi connectivity index (χ1) is 13.1. The summed E-state index contributed by atoms with van der Waals surface area (Å²) < 4.78 is 11.1. The topological polar surface area (TPSA) is 103 Å².